The molecule has 6 nitrogen and oxygen atoms in total. The van der Waals surface area contributed by atoms with Gasteiger partial charge in [0.25, 0.3) is 0 Å². The molecule has 0 aromatic heterocycles. The van der Waals surface area contributed by atoms with Crippen LogP contribution >= 0.6 is 11.6 Å². The molecule has 0 radical (unpaired) electrons. The minimum atomic E-state index is -3.25. The number of hydrogen-bond donors (Lipinski definition) is 0. The number of sulfone groups is 1. The van der Waals surface area contributed by atoms with Gasteiger partial charge in [0.15, 0.2) is 9.84 Å². The number of urea groups is 1. The molecule has 2 aromatic rings. The third-order valence-electron chi connectivity index (χ3n) is 4.90. The number of amides is 2. The van der Waals surface area contributed by atoms with Crippen LogP contribution in [0.3, 0.4) is 0 Å². The first-order chi connectivity index (χ1) is 12.9. The number of anilines is 2. The summed E-state index contributed by atoms with van der Waals surface area (Å²) in [5, 5.41) is 0.555. The molecule has 27 heavy (non-hydrogen) atoms. The van der Waals surface area contributed by atoms with Crippen LogP contribution in [0.5, 0.6) is 5.75 Å². The van der Waals surface area contributed by atoms with E-state index >= 15 is 0 Å². The van der Waals surface area contributed by atoms with E-state index in [1.54, 1.807) is 46.2 Å². The minimum absolute atomic E-state index is 0.0562. The molecular formula is C19H19ClN2O4S. The van der Waals surface area contributed by atoms with Crippen LogP contribution in [-0.4, -0.2) is 44.6 Å². The largest absolute Gasteiger partial charge is 0.492 e. The van der Waals surface area contributed by atoms with E-state index in [2.05, 4.69) is 0 Å². The summed E-state index contributed by atoms with van der Waals surface area (Å²) < 4.78 is 30.4. The third kappa shape index (κ3) is 3.15. The monoisotopic (exact) mass is 406 g/mol. The fraction of sp³-hybridized carbons (Fsp3) is 0.316. The topological polar surface area (TPSA) is 66.9 Å². The third-order valence-corrected chi connectivity index (χ3v) is 6.85. The second-order valence-corrected chi connectivity index (χ2v) is 9.20. The Morgan fingerprint density at radius 3 is 2.33 bits per heavy atom. The molecule has 2 aliphatic rings. The zero-order valence-electron chi connectivity index (χ0n) is 14.7. The van der Waals surface area contributed by atoms with Crippen molar-refractivity contribution in [1.82, 2.24) is 0 Å². The Bertz CT molecular complexity index is 977. The quantitative estimate of drug-likeness (QED) is 0.730. The SMILES string of the molecule is CCOc1ccccc1N1C(=O)N(c2ccc(Cl)cc2)[C@H]2CS(=O)(=O)C[C@H]21. The van der Waals surface area contributed by atoms with Gasteiger partial charge in [-0.25, -0.2) is 13.2 Å². The first-order valence-corrected chi connectivity index (χ1v) is 10.9. The molecule has 8 heteroatoms. The average Bonchev–Trinajstić information content (AvgIpc) is 3.06. The van der Waals surface area contributed by atoms with Crippen molar-refractivity contribution in [2.24, 2.45) is 0 Å². The molecule has 0 unspecified atom stereocenters. The molecule has 0 N–H and O–H groups in total. The Labute approximate surface area is 163 Å². The molecular weight excluding hydrogens is 388 g/mol. The highest BCUT2D eigenvalue weighted by atomic mass is 35.5. The first kappa shape index (κ1) is 18.1. The van der Waals surface area contributed by atoms with Crippen LogP contribution in [0.1, 0.15) is 6.92 Å². The lowest BCUT2D eigenvalue weighted by atomic mass is 10.1. The van der Waals surface area contributed by atoms with E-state index in [0.717, 1.165) is 0 Å². The van der Waals surface area contributed by atoms with Gasteiger partial charge in [0.1, 0.15) is 5.75 Å². The number of nitrogens with zero attached hydrogens (tertiary/aromatic N) is 2. The number of ether oxygens (including phenoxy) is 1. The van der Waals surface area contributed by atoms with Gasteiger partial charge in [-0.2, -0.15) is 0 Å². The number of carbonyl (C=O) groups excluding carboxylic acids is 1. The molecule has 2 aliphatic heterocycles. The highest BCUT2D eigenvalue weighted by molar-refractivity contribution is 7.91. The van der Waals surface area contributed by atoms with E-state index in [-0.39, 0.29) is 17.5 Å². The molecule has 2 aromatic carbocycles. The molecule has 142 valence electrons. The number of rotatable bonds is 4. The van der Waals surface area contributed by atoms with Crippen molar-refractivity contribution < 1.29 is 17.9 Å². The van der Waals surface area contributed by atoms with E-state index in [1.807, 2.05) is 19.1 Å². The average molecular weight is 407 g/mol. The van der Waals surface area contributed by atoms with Gasteiger partial charge in [-0.15, -0.1) is 0 Å². The molecule has 0 spiro atoms. The van der Waals surface area contributed by atoms with E-state index in [0.29, 0.717) is 28.8 Å². The van der Waals surface area contributed by atoms with Gasteiger partial charge in [-0.1, -0.05) is 23.7 Å². The normalized spacial score (nSPS) is 23.6. The van der Waals surface area contributed by atoms with Gasteiger partial charge in [0.05, 0.1) is 35.9 Å². The number of halogens is 1. The zero-order valence-corrected chi connectivity index (χ0v) is 16.3. The molecule has 2 fully saturated rings. The van der Waals surface area contributed by atoms with Gasteiger partial charge < -0.3 is 4.74 Å². The number of fused-ring (bicyclic) bond motifs is 1. The van der Waals surface area contributed by atoms with Crippen molar-refractivity contribution in [2.75, 3.05) is 27.9 Å². The fourth-order valence-corrected chi connectivity index (χ4v) is 5.87. The predicted molar refractivity (Wildman–Crippen MR) is 106 cm³/mol. The van der Waals surface area contributed by atoms with Gasteiger partial charge in [0.2, 0.25) is 0 Å². The number of carbonyl (C=O) groups is 1. The molecule has 0 saturated carbocycles. The zero-order chi connectivity index (χ0) is 19.2. The Balaban J connectivity index is 1.81. The van der Waals surface area contributed by atoms with Crippen molar-refractivity contribution in [1.29, 1.82) is 0 Å². The van der Waals surface area contributed by atoms with E-state index in [4.69, 9.17) is 16.3 Å². The Kier molecular flexibility index (Phi) is 4.52. The van der Waals surface area contributed by atoms with E-state index in [9.17, 15) is 13.2 Å². The summed E-state index contributed by atoms with van der Waals surface area (Å²) in [7, 11) is -3.25. The van der Waals surface area contributed by atoms with Crippen LogP contribution in [0.25, 0.3) is 0 Å². The fourth-order valence-electron chi connectivity index (χ4n) is 3.82. The van der Waals surface area contributed by atoms with Crippen LogP contribution < -0.4 is 14.5 Å². The smallest absolute Gasteiger partial charge is 0.329 e. The van der Waals surface area contributed by atoms with E-state index in [1.165, 1.54) is 0 Å². The summed E-state index contributed by atoms with van der Waals surface area (Å²) >= 11 is 5.97. The van der Waals surface area contributed by atoms with Gasteiger partial charge >= 0.3 is 6.03 Å². The Morgan fingerprint density at radius 2 is 1.67 bits per heavy atom. The van der Waals surface area contributed by atoms with Crippen molar-refractivity contribution in [3.63, 3.8) is 0 Å². The second-order valence-electron chi connectivity index (χ2n) is 6.61. The highest BCUT2D eigenvalue weighted by Crippen LogP contribution is 2.41. The van der Waals surface area contributed by atoms with Gasteiger partial charge in [-0.05, 0) is 43.3 Å². The predicted octanol–water partition coefficient (Wildman–Crippen LogP) is 3.35. The summed E-state index contributed by atoms with van der Waals surface area (Å²) in [6.07, 6.45) is 0. The second kappa shape index (κ2) is 6.73. The maximum atomic E-state index is 13.3. The summed E-state index contributed by atoms with van der Waals surface area (Å²) in [5.74, 6) is 0.446. The van der Waals surface area contributed by atoms with Crippen molar-refractivity contribution >= 4 is 38.8 Å². The number of benzene rings is 2. The van der Waals surface area contributed by atoms with E-state index < -0.39 is 21.9 Å². The summed E-state index contributed by atoms with van der Waals surface area (Å²) in [6.45, 7) is 2.32. The number of para-hydroxylation sites is 2. The van der Waals surface area contributed by atoms with Crippen LogP contribution in [0.4, 0.5) is 16.2 Å². The first-order valence-electron chi connectivity index (χ1n) is 8.71. The molecule has 2 amide bonds. The van der Waals surface area contributed by atoms with Gasteiger partial charge in [0, 0.05) is 10.7 Å². The summed E-state index contributed by atoms with van der Waals surface area (Å²) in [5.41, 5.74) is 1.22. The number of hydrogen-bond acceptors (Lipinski definition) is 4. The van der Waals surface area contributed by atoms with Gasteiger partial charge in [-0.3, -0.25) is 9.80 Å². The van der Waals surface area contributed by atoms with Crippen LogP contribution in [0.2, 0.25) is 5.02 Å². The maximum Gasteiger partial charge on any atom is 0.329 e. The lowest BCUT2D eigenvalue weighted by Crippen LogP contribution is -2.38. The minimum Gasteiger partial charge on any atom is -0.492 e. The van der Waals surface area contributed by atoms with Crippen molar-refractivity contribution in [3.8, 4) is 5.75 Å². The molecule has 2 atom stereocenters. The molecule has 0 bridgehead atoms. The Morgan fingerprint density at radius 1 is 1.04 bits per heavy atom. The summed E-state index contributed by atoms with van der Waals surface area (Å²) in [6, 6.07) is 12.9. The van der Waals surface area contributed by atoms with Crippen LogP contribution in [0.15, 0.2) is 48.5 Å². The lowest BCUT2D eigenvalue weighted by molar-refractivity contribution is 0.254. The molecule has 2 heterocycles. The maximum absolute atomic E-state index is 13.3. The highest BCUT2D eigenvalue weighted by Gasteiger charge is 2.54. The summed E-state index contributed by atoms with van der Waals surface area (Å²) in [4.78, 5) is 16.5. The lowest BCUT2D eigenvalue weighted by Gasteiger charge is -2.24. The van der Waals surface area contributed by atoms with Crippen molar-refractivity contribution in [3.05, 3.63) is 53.6 Å². The Hall–Kier alpha value is -2.25. The van der Waals surface area contributed by atoms with Crippen LogP contribution in [-0.2, 0) is 9.84 Å². The molecule has 2 saturated heterocycles. The molecule has 0 aliphatic carbocycles. The van der Waals surface area contributed by atoms with Crippen LogP contribution in [0, 0.1) is 0 Å². The molecule has 4 rings (SSSR count). The van der Waals surface area contributed by atoms with Crippen molar-refractivity contribution in [2.45, 2.75) is 19.0 Å². The standard InChI is InChI=1S/C19H19ClN2O4S/c1-2-26-18-6-4-3-5-15(18)22-17-12-27(24,25)11-16(17)21(19(22)23)14-9-7-13(20)8-10-14/h3-10,16-17H,2,11-12H2,1H3/t16-,17+/m0/s1.